The summed E-state index contributed by atoms with van der Waals surface area (Å²) in [6.07, 6.45) is 0. The first-order chi connectivity index (χ1) is 32.3. The summed E-state index contributed by atoms with van der Waals surface area (Å²) in [6, 6.07) is 90.2. The van der Waals surface area contributed by atoms with Gasteiger partial charge in [-0.2, -0.15) is 0 Å². The second-order valence-electron chi connectivity index (χ2n) is 17.1. The van der Waals surface area contributed by atoms with Crippen LogP contribution in [0.1, 0.15) is 0 Å². The average molecular weight is 888 g/mol. The van der Waals surface area contributed by atoms with E-state index < -0.39 is 0 Å². The summed E-state index contributed by atoms with van der Waals surface area (Å²) in [7, 11) is 0. The molecule has 0 saturated carbocycles. The Labute approximate surface area is 384 Å². The molecule has 65 heavy (non-hydrogen) atoms. The van der Waals surface area contributed by atoms with E-state index in [4.69, 9.17) is 0 Å². The summed E-state index contributed by atoms with van der Waals surface area (Å²) < 4.78 is 2.88. The van der Waals surface area contributed by atoms with Gasteiger partial charge in [-0.15, -0.1) is 0 Å². The van der Waals surface area contributed by atoms with E-state index in [1.165, 1.54) is 129 Å². The van der Waals surface area contributed by atoms with Crippen LogP contribution in [0, 0.1) is 0 Å². The van der Waals surface area contributed by atoms with Gasteiger partial charge >= 0.3 is 350 Å². The number of rotatable bonds is 6. The van der Waals surface area contributed by atoms with Crippen LogP contribution >= 0.6 is 0 Å². The van der Waals surface area contributed by atoms with E-state index in [2.05, 4.69) is 243 Å². The first-order valence-electron chi connectivity index (χ1n) is 22.4. The third-order valence-corrected chi connectivity index (χ3v) is 15.8. The molecular formula is C64H40Se. The van der Waals surface area contributed by atoms with Crippen LogP contribution in [-0.4, -0.2) is 14.5 Å². The van der Waals surface area contributed by atoms with Crippen molar-refractivity contribution in [2.75, 3.05) is 0 Å². The Balaban J connectivity index is 1.03. The fourth-order valence-electron chi connectivity index (χ4n) is 10.6. The molecule has 0 nitrogen and oxygen atoms in total. The quantitative estimate of drug-likeness (QED) is 0.115. The smallest absolute Gasteiger partial charge is 0.0617 e. The van der Waals surface area contributed by atoms with Crippen LogP contribution in [0.2, 0.25) is 0 Å². The van der Waals surface area contributed by atoms with E-state index in [0.717, 1.165) is 0 Å². The van der Waals surface area contributed by atoms with Crippen molar-refractivity contribution in [1.29, 1.82) is 0 Å². The third kappa shape index (κ3) is 6.20. The zero-order valence-electron chi connectivity index (χ0n) is 35.5. The molecule has 0 aliphatic carbocycles. The van der Waals surface area contributed by atoms with Crippen molar-refractivity contribution in [3.05, 3.63) is 243 Å². The Morgan fingerprint density at radius 2 is 0.585 bits per heavy atom. The summed E-state index contributed by atoms with van der Waals surface area (Å²) in [5, 5.41) is 13.0. The Morgan fingerprint density at radius 3 is 1.06 bits per heavy atom. The van der Waals surface area contributed by atoms with Crippen molar-refractivity contribution < 1.29 is 0 Å². The topological polar surface area (TPSA) is 0 Å². The molecule has 302 valence electrons. The predicted molar refractivity (Wildman–Crippen MR) is 281 cm³/mol. The first kappa shape index (κ1) is 37.7. The van der Waals surface area contributed by atoms with Gasteiger partial charge in [-0.05, 0) is 0 Å². The zero-order valence-corrected chi connectivity index (χ0v) is 37.2. The Morgan fingerprint density at radius 1 is 0.200 bits per heavy atom. The second kappa shape index (κ2) is 15.5. The minimum Gasteiger partial charge on any atom is -0.0617 e. The molecule has 0 atom stereocenters. The van der Waals surface area contributed by atoms with Crippen molar-refractivity contribution in [3.8, 4) is 66.8 Å². The Bertz CT molecular complexity index is 3800. The van der Waals surface area contributed by atoms with Gasteiger partial charge in [0.25, 0.3) is 0 Å². The zero-order chi connectivity index (χ0) is 42.8. The molecular weight excluding hydrogens is 848 g/mol. The van der Waals surface area contributed by atoms with E-state index in [9.17, 15) is 0 Å². The first-order valence-corrected chi connectivity index (χ1v) is 24.1. The Hall–Kier alpha value is -7.80. The van der Waals surface area contributed by atoms with Crippen molar-refractivity contribution in [2.24, 2.45) is 0 Å². The van der Waals surface area contributed by atoms with Crippen LogP contribution in [0.3, 0.4) is 0 Å². The van der Waals surface area contributed by atoms with Gasteiger partial charge in [0, 0.05) is 0 Å². The van der Waals surface area contributed by atoms with Crippen LogP contribution in [0.4, 0.5) is 0 Å². The molecule has 0 radical (unpaired) electrons. The molecule has 1 heterocycles. The van der Waals surface area contributed by atoms with Crippen LogP contribution in [0.15, 0.2) is 243 Å². The molecule has 0 aliphatic rings. The summed E-state index contributed by atoms with van der Waals surface area (Å²) in [5.41, 5.74) is 15.1. The Kier molecular flexibility index (Phi) is 8.98. The molecule has 0 bridgehead atoms. The molecule has 13 aromatic rings. The van der Waals surface area contributed by atoms with Crippen molar-refractivity contribution in [2.45, 2.75) is 0 Å². The average Bonchev–Trinajstić information content (AvgIpc) is 3.76. The van der Waals surface area contributed by atoms with Gasteiger partial charge in [0.05, 0.1) is 0 Å². The SMILES string of the molecule is c1ccc(-c2cc(-c3ccccc3)cc(-c3c4ccccc4c(-c4ccc5c(c4)[se]c4cccc(-c6c7ccccc7c(-c7ccccc7)c7ccccc67)c45)c4ccccc34)c2)cc1. The van der Waals surface area contributed by atoms with Gasteiger partial charge in [-0.25, -0.2) is 0 Å². The van der Waals surface area contributed by atoms with E-state index in [1.807, 2.05) is 0 Å². The summed E-state index contributed by atoms with van der Waals surface area (Å²) >= 11 is 0.142. The molecule has 1 aromatic heterocycles. The van der Waals surface area contributed by atoms with Crippen LogP contribution in [-0.2, 0) is 0 Å². The van der Waals surface area contributed by atoms with E-state index >= 15 is 0 Å². The van der Waals surface area contributed by atoms with Crippen LogP contribution in [0.25, 0.3) is 129 Å². The van der Waals surface area contributed by atoms with Crippen molar-refractivity contribution in [1.82, 2.24) is 0 Å². The number of hydrogen-bond acceptors (Lipinski definition) is 0. The maximum absolute atomic E-state index is 2.52. The monoisotopic (exact) mass is 888 g/mol. The van der Waals surface area contributed by atoms with Gasteiger partial charge in [0.1, 0.15) is 0 Å². The molecule has 0 unspecified atom stereocenters. The van der Waals surface area contributed by atoms with E-state index in [0.29, 0.717) is 0 Å². The standard InChI is InChI=1S/C64H40Se/c1-4-19-41(20-5-1)45-37-46(42-21-6-2-7-22-42)39-47(38-45)62-50-27-12-10-25-48(50)61(49-26-11-13-28-51(49)62)44-35-36-56-59(40-44)65-58-34-18-33-57(64(56)58)63-54-31-16-14-29-52(54)60(43-23-8-3-9-24-43)53-30-15-17-32-55(53)63/h1-40H. The maximum atomic E-state index is 2.52. The third-order valence-electron chi connectivity index (χ3n) is 13.4. The summed E-state index contributed by atoms with van der Waals surface area (Å²) in [6.45, 7) is 0. The van der Waals surface area contributed by atoms with Gasteiger partial charge in [0.2, 0.25) is 0 Å². The second-order valence-corrected chi connectivity index (χ2v) is 19.3. The molecule has 1 heteroatoms. The van der Waals surface area contributed by atoms with Gasteiger partial charge in [-0.3, -0.25) is 0 Å². The summed E-state index contributed by atoms with van der Waals surface area (Å²) in [5.74, 6) is 0. The van der Waals surface area contributed by atoms with E-state index in [-0.39, 0.29) is 14.5 Å². The molecule has 0 fully saturated rings. The molecule has 0 N–H and O–H groups in total. The normalized spacial score (nSPS) is 11.7. The molecule has 12 aromatic carbocycles. The fraction of sp³-hybridized carbons (Fsp3) is 0. The van der Waals surface area contributed by atoms with E-state index in [1.54, 1.807) is 0 Å². The number of benzene rings is 12. The fourth-order valence-corrected chi connectivity index (χ4v) is 13.1. The van der Waals surface area contributed by atoms with Crippen molar-refractivity contribution >= 4 is 76.9 Å². The van der Waals surface area contributed by atoms with Gasteiger partial charge < -0.3 is 0 Å². The van der Waals surface area contributed by atoms with Crippen molar-refractivity contribution in [3.63, 3.8) is 0 Å². The van der Waals surface area contributed by atoms with Gasteiger partial charge in [0.15, 0.2) is 0 Å². The van der Waals surface area contributed by atoms with Crippen LogP contribution < -0.4 is 0 Å². The molecule has 13 rings (SSSR count). The molecule has 0 spiro atoms. The minimum absolute atomic E-state index is 0.142. The summed E-state index contributed by atoms with van der Waals surface area (Å²) in [4.78, 5) is 0. The van der Waals surface area contributed by atoms with Crippen LogP contribution in [0.5, 0.6) is 0 Å². The predicted octanol–water partition coefficient (Wildman–Crippen LogP) is 17.7. The molecule has 0 aliphatic heterocycles. The number of fused-ring (bicyclic) bond motifs is 7. The van der Waals surface area contributed by atoms with Gasteiger partial charge in [-0.1, -0.05) is 36.4 Å². The molecule has 0 saturated heterocycles. The minimum atomic E-state index is 0.142. The number of hydrogen-bond donors (Lipinski definition) is 0. The molecule has 0 amide bonds.